The Hall–Kier alpha value is -2.26. The third-order valence-electron chi connectivity index (χ3n) is 3.93. The number of ether oxygens (including phenoxy) is 1. The first-order valence-corrected chi connectivity index (χ1v) is 9.38. The molecular weight excluding hydrogens is 370 g/mol. The predicted molar refractivity (Wildman–Crippen MR) is 93.1 cm³/mol. The van der Waals surface area contributed by atoms with Crippen molar-refractivity contribution >= 4 is 27.3 Å². The zero-order chi connectivity index (χ0) is 18.4. The zero-order valence-electron chi connectivity index (χ0n) is 13.5. The maximum atomic E-state index is 13.2. The molecule has 1 aromatic heterocycles. The third-order valence-corrected chi connectivity index (χ3v) is 6.10. The summed E-state index contributed by atoms with van der Waals surface area (Å²) in [6, 6.07) is 4.66. The lowest BCUT2D eigenvalue weighted by molar-refractivity contribution is 0.195. The van der Waals surface area contributed by atoms with Gasteiger partial charge in [0.05, 0.1) is 12.2 Å². The largest absolute Gasteiger partial charge is 0.486 e. The molecule has 2 aromatic rings. The van der Waals surface area contributed by atoms with Gasteiger partial charge in [-0.25, -0.2) is 13.2 Å². The van der Waals surface area contributed by atoms with Gasteiger partial charge in [-0.15, -0.1) is 0 Å². The fraction of sp³-hybridized carbons (Fsp3) is 0.333. The highest BCUT2D eigenvalue weighted by Gasteiger charge is 2.36. The normalized spacial score (nSPS) is 17.1. The van der Waals surface area contributed by atoms with E-state index in [9.17, 15) is 18.0 Å². The molecule has 1 aliphatic rings. The molecule has 2 N–H and O–H groups in total. The second-order valence-electron chi connectivity index (χ2n) is 5.66. The summed E-state index contributed by atoms with van der Waals surface area (Å²) in [5.74, 6) is 0.365. The van der Waals surface area contributed by atoms with E-state index in [1.165, 1.54) is 13.0 Å². The lowest BCUT2D eigenvalue weighted by atomic mass is 10.2. The smallest absolute Gasteiger partial charge is 0.325 e. The summed E-state index contributed by atoms with van der Waals surface area (Å²) in [5, 5.41) is 0.338. The fourth-order valence-corrected chi connectivity index (χ4v) is 4.61. The minimum Gasteiger partial charge on any atom is -0.486 e. The first-order chi connectivity index (χ1) is 11.7. The van der Waals surface area contributed by atoms with Crippen LogP contribution in [0.5, 0.6) is 5.75 Å². The van der Waals surface area contributed by atoms with Gasteiger partial charge in [-0.3, -0.25) is 14.1 Å². The Bertz CT molecular complexity index is 1040. The van der Waals surface area contributed by atoms with Crippen molar-refractivity contribution in [3.05, 3.63) is 49.8 Å². The van der Waals surface area contributed by atoms with Crippen molar-refractivity contribution in [3.8, 4) is 5.75 Å². The number of benzene rings is 1. The number of fused-ring (bicyclic) bond motifs is 1. The molecule has 25 heavy (non-hydrogen) atoms. The number of hydrogen-bond acceptors (Lipinski definition) is 5. The van der Waals surface area contributed by atoms with Crippen LogP contribution in [0.4, 0.5) is 5.69 Å². The Labute approximate surface area is 148 Å². The molecule has 0 bridgehead atoms. The van der Waals surface area contributed by atoms with Crippen molar-refractivity contribution < 1.29 is 13.2 Å². The van der Waals surface area contributed by atoms with Gasteiger partial charge >= 0.3 is 5.69 Å². The van der Waals surface area contributed by atoms with E-state index in [1.54, 1.807) is 12.1 Å². The number of aromatic nitrogens is 2. The van der Waals surface area contributed by atoms with E-state index in [1.807, 2.05) is 11.9 Å². The molecule has 0 saturated heterocycles. The molecule has 0 fully saturated rings. The van der Waals surface area contributed by atoms with Gasteiger partial charge in [0.15, 0.2) is 4.90 Å². The van der Waals surface area contributed by atoms with Gasteiger partial charge in [0.2, 0.25) is 0 Å². The van der Waals surface area contributed by atoms with Crippen molar-refractivity contribution in [2.45, 2.75) is 31.3 Å². The van der Waals surface area contributed by atoms with Crippen molar-refractivity contribution in [2.75, 3.05) is 10.8 Å². The molecule has 0 amide bonds. The number of sulfonamides is 1. The van der Waals surface area contributed by atoms with E-state index in [0.29, 0.717) is 17.2 Å². The van der Waals surface area contributed by atoms with E-state index < -0.39 is 26.2 Å². The van der Waals surface area contributed by atoms with E-state index >= 15 is 0 Å². The van der Waals surface area contributed by atoms with E-state index in [0.717, 1.165) is 4.31 Å². The highest BCUT2D eigenvalue weighted by atomic mass is 35.5. The van der Waals surface area contributed by atoms with Crippen molar-refractivity contribution in [3.63, 3.8) is 0 Å². The van der Waals surface area contributed by atoms with Crippen molar-refractivity contribution in [1.82, 2.24) is 9.97 Å². The molecule has 0 radical (unpaired) electrons. The number of hydrogen-bond donors (Lipinski definition) is 2. The summed E-state index contributed by atoms with van der Waals surface area (Å²) in [4.78, 5) is 27.3. The Morgan fingerprint density at radius 2 is 2.04 bits per heavy atom. The van der Waals surface area contributed by atoms with Crippen LogP contribution in [-0.2, 0) is 10.0 Å². The number of H-pyrrole nitrogens is 2. The molecule has 0 saturated carbocycles. The Balaban J connectivity index is 2.23. The number of halogens is 1. The summed E-state index contributed by atoms with van der Waals surface area (Å²) >= 11 is 6.00. The van der Waals surface area contributed by atoms with Gasteiger partial charge in [-0.05, 0) is 31.5 Å². The van der Waals surface area contributed by atoms with Gasteiger partial charge < -0.3 is 9.72 Å². The molecule has 8 nitrogen and oxygen atoms in total. The van der Waals surface area contributed by atoms with Gasteiger partial charge in [0, 0.05) is 10.7 Å². The highest BCUT2D eigenvalue weighted by molar-refractivity contribution is 7.92. The predicted octanol–water partition coefficient (Wildman–Crippen LogP) is 1.39. The highest BCUT2D eigenvalue weighted by Crippen LogP contribution is 2.38. The molecule has 1 aliphatic heterocycles. The standard InChI is InChI=1S/C15H16ClN3O5S/c1-3-10-7-19(11-6-9(16)4-5-12(11)24-10)25(22,23)13-8(2)17-15(21)18-14(13)20/h4-6,10H,3,7H2,1-2H3,(H2,17,18,20,21). The molecule has 2 heterocycles. The zero-order valence-corrected chi connectivity index (χ0v) is 15.1. The van der Waals surface area contributed by atoms with Crippen LogP contribution in [0, 0.1) is 6.92 Å². The number of anilines is 1. The molecule has 1 atom stereocenters. The van der Waals surface area contributed by atoms with Crippen LogP contribution in [0.1, 0.15) is 19.0 Å². The SMILES string of the molecule is CCC1CN(S(=O)(=O)c2c(C)[nH]c(=O)[nH]c2=O)c2cc(Cl)ccc2O1. The average molecular weight is 386 g/mol. The second-order valence-corrected chi connectivity index (χ2v) is 7.89. The molecule has 0 aliphatic carbocycles. The molecule has 1 aromatic carbocycles. The average Bonchev–Trinajstić information content (AvgIpc) is 2.52. The fourth-order valence-electron chi connectivity index (χ4n) is 2.73. The molecule has 1 unspecified atom stereocenters. The molecular formula is C15H16ClN3O5S. The Morgan fingerprint density at radius 1 is 1.32 bits per heavy atom. The van der Waals surface area contributed by atoms with Crippen LogP contribution in [0.15, 0.2) is 32.7 Å². The monoisotopic (exact) mass is 385 g/mol. The molecule has 0 spiro atoms. The molecule has 10 heteroatoms. The summed E-state index contributed by atoms with van der Waals surface area (Å²) in [6.45, 7) is 3.26. The van der Waals surface area contributed by atoms with Crippen LogP contribution in [0.3, 0.4) is 0 Å². The quantitative estimate of drug-likeness (QED) is 0.829. The summed E-state index contributed by atoms with van der Waals surface area (Å²) in [7, 11) is -4.23. The van der Waals surface area contributed by atoms with Crippen molar-refractivity contribution in [2.24, 2.45) is 0 Å². The van der Waals surface area contributed by atoms with Crippen molar-refractivity contribution in [1.29, 1.82) is 0 Å². The van der Waals surface area contributed by atoms with Gasteiger partial charge in [0.1, 0.15) is 11.9 Å². The number of rotatable bonds is 3. The Kier molecular flexibility index (Phi) is 4.38. The number of nitrogens with zero attached hydrogens (tertiary/aromatic N) is 1. The first-order valence-electron chi connectivity index (χ1n) is 7.56. The first kappa shape index (κ1) is 17.6. The number of nitrogens with one attached hydrogen (secondary N) is 2. The van der Waals surface area contributed by atoms with E-state index in [-0.39, 0.29) is 24.0 Å². The van der Waals surface area contributed by atoms with Crippen LogP contribution in [0.2, 0.25) is 5.02 Å². The van der Waals surface area contributed by atoms with Gasteiger partial charge in [-0.2, -0.15) is 0 Å². The maximum Gasteiger partial charge on any atom is 0.325 e. The molecule has 3 rings (SSSR count). The van der Waals surface area contributed by atoms with Crippen LogP contribution in [-0.4, -0.2) is 31.0 Å². The topological polar surface area (TPSA) is 112 Å². The number of aryl methyl sites for hydroxylation is 1. The minimum atomic E-state index is -4.23. The lowest BCUT2D eigenvalue weighted by Gasteiger charge is -2.35. The number of aromatic amines is 2. The lowest BCUT2D eigenvalue weighted by Crippen LogP contribution is -2.45. The van der Waals surface area contributed by atoms with Crippen LogP contribution in [0.25, 0.3) is 0 Å². The maximum absolute atomic E-state index is 13.2. The third kappa shape index (κ3) is 3.05. The minimum absolute atomic E-state index is 0.0307. The Morgan fingerprint density at radius 3 is 2.68 bits per heavy atom. The summed E-state index contributed by atoms with van der Waals surface area (Å²) < 4.78 is 33.2. The van der Waals surface area contributed by atoms with Crippen LogP contribution >= 0.6 is 11.6 Å². The van der Waals surface area contributed by atoms with Crippen LogP contribution < -0.4 is 20.3 Å². The molecule has 134 valence electrons. The van der Waals surface area contributed by atoms with E-state index in [4.69, 9.17) is 16.3 Å². The van der Waals surface area contributed by atoms with Gasteiger partial charge in [-0.1, -0.05) is 18.5 Å². The summed E-state index contributed by atoms with van der Waals surface area (Å²) in [5.41, 5.74) is -1.51. The van der Waals surface area contributed by atoms with E-state index in [2.05, 4.69) is 4.98 Å². The van der Waals surface area contributed by atoms with Gasteiger partial charge in [0.25, 0.3) is 15.6 Å². The summed E-state index contributed by atoms with van der Waals surface area (Å²) in [6.07, 6.45) is 0.209. The second kappa shape index (κ2) is 6.23.